The van der Waals surface area contributed by atoms with Crippen LogP contribution >= 0.6 is 22.9 Å². The Hall–Kier alpha value is -1.99. The molecule has 0 saturated heterocycles. The fourth-order valence-electron chi connectivity index (χ4n) is 2.02. The predicted octanol–water partition coefficient (Wildman–Crippen LogP) is 3.81. The summed E-state index contributed by atoms with van der Waals surface area (Å²) in [5.41, 5.74) is 1.82. The van der Waals surface area contributed by atoms with Gasteiger partial charge in [-0.1, -0.05) is 25.4 Å². The van der Waals surface area contributed by atoms with E-state index in [1.54, 1.807) is 16.1 Å². The zero-order chi connectivity index (χ0) is 17.9. The summed E-state index contributed by atoms with van der Waals surface area (Å²) in [6.45, 7) is 8.16. The van der Waals surface area contributed by atoms with Crippen LogP contribution in [0, 0.1) is 12.8 Å². The van der Waals surface area contributed by atoms with Crippen molar-refractivity contribution in [3.63, 3.8) is 0 Å². The molecule has 0 aliphatic heterocycles. The van der Waals surface area contributed by atoms with Crippen molar-refractivity contribution < 1.29 is 9.59 Å². The Kier molecular flexibility index (Phi) is 5.90. The van der Waals surface area contributed by atoms with Gasteiger partial charge in [0.05, 0.1) is 5.69 Å². The second kappa shape index (κ2) is 7.72. The molecule has 6 nitrogen and oxygen atoms in total. The first-order valence-corrected chi connectivity index (χ1v) is 8.72. The number of ketones is 1. The Morgan fingerprint density at radius 3 is 2.75 bits per heavy atom. The Balaban J connectivity index is 2.08. The lowest BCUT2D eigenvalue weighted by molar-refractivity contribution is -0.111. The molecule has 0 aliphatic rings. The van der Waals surface area contributed by atoms with Gasteiger partial charge in [-0.3, -0.25) is 19.6 Å². The van der Waals surface area contributed by atoms with Crippen molar-refractivity contribution in [3.05, 3.63) is 33.6 Å². The van der Waals surface area contributed by atoms with E-state index in [1.165, 1.54) is 24.3 Å². The summed E-state index contributed by atoms with van der Waals surface area (Å²) in [5.74, 6) is -0.0592. The molecule has 0 atom stereocenters. The Bertz CT molecular complexity index is 792. The first-order chi connectivity index (χ1) is 11.3. The van der Waals surface area contributed by atoms with Crippen LogP contribution in [0.5, 0.6) is 0 Å². The van der Waals surface area contributed by atoms with Crippen molar-refractivity contribution >= 4 is 45.8 Å². The van der Waals surface area contributed by atoms with Gasteiger partial charge in [0.2, 0.25) is 5.91 Å². The highest BCUT2D eigenvalue weighted by Gasteiger charge is 2.13. The molecule has 0 unspecified atom stereocenters. The molecule has 2 rings (SSSR count). The van der Waals surface area contributed by atoms with E-state index in [2.05, 4.69) is 29.2 Å². The standard InChI is InChI=1S/C16H19ClN4O2S/c1-9(2)7-21-15(17)12(10(3)20-21)5-6-14(23)19-16-18-13(8-24-16)11(4)22/h5-6,8-9H,7H2,1-4H3,(H,18,19,23)/b6-5+. The molecular weight excluding hydrogens is 348 g/mol. The molecule has 24 heavy (non-hydrogen) atoms. The second-order valence-electron chi connectivity index (χ2n) is 5.78. The Morgan fingerprint density at radius 2 is 2.17 bits per heavy atom. The van der Waals surface area contributed by atoms with Gasteiger partial charge in [-0.05, 0) is 18.9 Å². The number of anilines is 1. The molecule has 128 valence electrons. The molecule has 2 heterocycles. The monoisotopic (exact) mass is 366 g/mol. The summed E-state index contributed by atoms with van der Waals surface area (Å²) in [6.07, 6.45) is 3.01. The van der Waals surface area contributed by atoms with Crippen LogP contribution in [-0.2, 0) is 11.3 Å². The van der Waals surface area contributed by atoms with Crippen LogP contribution in [0.15, 0.2) is 11.5 Å². The van der Waals surface area contributed by atoms with Crippen LogP contribution in [0.2, 0.25) is 5.15 Å². The minimum absolute atomic E-state index is 0.137. The summed E-state index contributed by atoms with van der Waals surface area (Å²) in [6, 6.07) is 0. The van der Waals surface area contributed by atoms with Gasteiger partial charge >= 0.3 is 0 Å². The Labute approximate surface area is 149 Å². The van der Waals surface area contributed by atoms with Gasteiger partial charge in [-0.25, -0.2) is 4.98 Å². The lowest BCUT2D eigenvalue weighted by atomic mass is 10.2. The second-order valence-corrected chi connectivity index (χ2v) is 7.00. The molecule has 2 aromatic heterocycles. The van der Waals surface area contributed by atoms with E-state index in [9.17, 15) is 9.59 Å². The number of carbonyl (C=O) groups excluding carboxylic acids is 2. The van der Waals surface area contributed by atoms with Crippen molar-refractivity contribution in [3.8, 4) is 0 Å². The van der Waals surface area contributed by atoms with E-state index >= 15 is 0 Å². The third-order valence-corrected chi connectivity index (χ3v) is 4.30. The van der Waals surface area contributed by atoms with E-state index in [1.807, 2.05) is 6.92 Å². The van der Waals surface area contributed by atoms with Crippen molar-refractivity contribution in [2.75, 3.05) is 5.32 Å². The SMILES string of the molecule is CC(=O)c1csc(NC(=O)/C=C/c2c(C)nn(CC(C)C)c2Cl)n1. The third-order valence-electron chi connectivity index (χ3n) is 3.14. The van der Waals surface area contributed by atoms with E-state index in [-0.39, 0.29) is 11.7 Å². The minimum Gasteiger partial charge on any atom is -0.298 e. The average Bonchev–Trinajstić information content (AvgIpc) is 3.03. The molecule has 2 aromatic rings. The number of Topliss-reactive ketones (excluding diaryl/α,β-unsaturated/α-hetero) is 1. The summed E-state index contributed by atoms with van der Waals surface area (Å²) >= 11 is 7.53. The third kappa shape index (κ3) is 4.52. The topological polar surface area (TPSA) is 76.9 Å². The van der Waals surface area contributed by atoms with E-state index < -0.39 is 0 Å². The van der Waals surface area contributed by atoms with Crippen LogP contribution in [-0.4, -0.2) is 26.5 Å². The molecule has 0 bridgehead atoms. The van der Waals surface area contributed by atoms with Gasteiger partial charge in [-0.15, -0.1) is 11.3 Å². The minimum atomic E-state index is -0.341. The number of halogens is 1. The summed E-state index contributed by atoms with van der Waals surface area (Å²) < 4.78 is 1.74. The van der Waals surface area contributed by atoms with Crippen LogP contribution in [0.1, 0.15) is 42.5 Å². The van der Waals surface area contributed by atoms with Crippen molar-refractivity contribution in [1.82, 2.24) is 14.8 Å². The first-order valence-electron chi connectivity index (χ1n) is 7.46. The number of carbonyl (C=O) groups is 2. The fourth-order valence-corrected chi connectivity index (χ4v) is 3.08. The summed E-state index contributed by atoms with van der Waals surface area (Å²) in [7, 11) is 0. The highest BCUT2D eigenvalue weighted by molar-refractivity contribution is 7.14. The maximum Gasteiger partial charge on any atom is 0.250 e. The maximum absolute atomic E-state index is 12.0. The molecule has 1 N–H and O–H groups in total. The lowest BCUT2D eigenvalue weighted by Gasteiger charge is -2.05. The number of aryl methyl sites for hydroxylation is 1. The average molecular weight is 367 g/mol. The van der Waals surface area contributed by atoms with Crippen molar-refractivity contribution in [1.29, 1.82) is 0 Å². The Morgan fingerprint density at radius 1 is 1.46 bits per heavy atom. The predicted molar refractivity (Wildman–Crippen MR) is 96.6 cm³/mol. The number of hydrogen-bond acceptors (Lipinski definition) is 5. The van der Waals surface area contributed by atoms with Crippen LogP contribution in [0.4, 0.5) is 5.13 Å². The number of amides is 1. The maximum atomic E-state index is 12.0. The number of rotatable bonds is 6. The summed E-state index contributed by atoms with van der Waals surface area (Å²) in [5, 5.41) is 9.52. The van der Waals surface area contributed by atoms with Crippen molar-refractivity contribution in [2.24, 2.45) is 5.92 Å². The zero-order valence-corrected chi connectivity index (χ0v) is 15.5. The largest absolute Gasteiger partial charge is 0.298 e. The lowest BCUT2D eigenvalue weighted by Crippen LogP contribution is -2.08. The van der Waals surface area contributed by atoms with Crippen LogP contribution in [0.3, 0.4) is 0 Å². The number of aromatic nitrogens is 3. The molecule has 0 aromatic carbocycles. The molecule has 8 heteroatoms. The molecular formula is C16H19ClN4O2S. The number of nitrogens with zero attached hydrogens (tertiary/aromatic N) is 3. The number of hydrogen-bond donors (Lipinski definition) is 1. The highest BCUT2D eigenvalue weighted by Crippen LogP contribution is 2.22. The van der Waals surface area contributed by atoms with Gasteiger partial charge in [0.1, 0.15) is 10.8 Å². The molecule has 0 fully saturated rings. The molecule has 0 spiro atoms. The molecule has 1 amide bonds. The molecule has 0 radical (unpaired) electrons. The quantitative estimate of drug-likeness (QED) is 0.623. The number of thiazole rings is 1. The van der Waals surface area contributed by atoms with Crippen LogP contribution < -0.4 is 5.32 Å². The highest BCUT2D eigenvalue weighted by atomic mass is 35.5. The first kappa shape index (κ1) is 18.4. The van der Waals surface area contributed by atoms with Gasteiger partial charge in [0.25, 0.3) is 0 Å². The van der Waals surface area contributed by atoms with Gasteiger partial charge < -0.3 is 0 Å². The van der Waals surface area contributed by atoms with Gasteiger partial charge in [-0.2, -0.15) is 5.10 Å². The zero-order valence-electron chi connectivity index (χ0n) is 14.0. The van der Waals surface area contributed by atoms with E-state index in [0.29, 0.717) is 28.4 Å². The molecule has 0 aliphatic carbocycles. The van der Waals surface area contributed by atoms with Gasteiger partial charge in [0, 0.05) is 30.5 Å². The summed E-state index contributed by atoms with van der Waals surface area (Å²) in [4.78, 5) is 27.2. The number of nitrogens with one attached hydrogen (secondary N) is 1. The van der Waals surface area contributed by atoms with Crippen molar-refractivity contribution in [2.45, 2.75) is 34.2 Å². The smallest absolute Gasteiger partial charge is 0.250 e. The van der Waals surface area contributed by atoms with E-state index in [4.69, 9.17) is 11.6 Å². The molecule has 0 saturated carbocycles. The normalized spacial score (nSPS) is 11.4. The van der Waals surface area contributed by atoms with Crippen LogP contribution in [0.25, 0.3) is 6.08 Å². The fraction of sp³-hybridized carbons (Fsp3) is 0.375. The van der Waals surface area contributed by atoms with Gasteiger partial charge in [0.15, 0.2) is 10.9 Å². The van der Waals surface area contributed by atoms with E-state index in [0.717, 1.165) is 11.3 Å².